The Bertz CT molecular complexity index is 326. The monoisotopic (exact) mass is 270 g/mol. The van der Waals surface area contributed by atoms with Gasteiger partial charge < -0.3 is 20.4 Å². The van der Waals surface area contributed by atoms with Gasteiger partial charge in [0.2, 0.25) is 0 Å². The average Bonchev–Trinajstić information content (AvgIpc) is 3.22. The second-order valence-corrected chi connectivity index (χ2v) is 5.67. The van der Waals surface area contributed by atoms with E-state index in [1.54, 1.807) is 0 Å². The molecular formula is C13H22N2O4. The highest BCUT2D eigenvalue weighted by molar-refractivity contribution is 5.74. The van der Waals surface area contributed by atoms with Crippen LogP contribution < -0.4 is 5.32 Å². The van der Waals surface area contributed by atoms with Crippen molar-refractivity contribution in [1.82, 2.24) is 10.2 Å². The zero-order chi connectivity index (χ0) is 13.8. The van der Waals surface area contributed by atoms with Crippen molar-refractivity contribution in [2.24, 2.45) is 11.8 Å². The maximum Gasteiger partial charge on any atom is 0.332 e. The van der Waals surface area contributed by atoms with Gasteiger partial charge in [-0.2, -0.15) is 0 Å². The molecule has 1 unspecified atom stereocenters. The summed E-state index contributed by atoms with van der Waals surface area (Å²) < 4.78 is 0. The second-order valence-electron chi connectivity index (χ2n) is 5.67. The number of aliphatic carboxylic acids is 1. The van der Waals surface area contributed by atoms with Crippen molar-refractivity contribution in [3.05, 3.63) is 0 Å². The summed E-state index contributed by atoms with van der Waals surface area (Å²) in [5.74, 6) is 0.0466. The minimum Gasteiger partial charge on any atom is -0.479 e. The molecule has 0 radical (unpaired) electrons. The molecule has 0 aliphatic heterocycles. The third-order valence-electron chi connectivity index (χ3n) is 3.62. The van der Waals surface area contributed by atoms with Crippen LogP contribution in [0.3, 0.4) is 0 Å². The lowest BCUT2D eigenvalue weighted by Gasteiger charge is -2.23. The Labute approximate surface area is 112 Å². The number of rotatable bonds is 8. The summed E-state index contributed by atoms with van der Waals surface area (Å²) in [5.41, 5.74) is 0. The van der Waals surface area contributed by atoms with Gasteiger partial charge in [0.15, 0.2) is 6.10 Å². The summed E-state index contributed by atoms with van der Waals surface area (Å²) in [7, 11) is 0. The van der Waals surface area contributed by atoms with Crippen LogP contribution in [0.15, 0.2) is 0 Å². The van der Waals surface area contributed by atoms with Gasteiger partial charge in [0.05, 0.1) is 0 Å². The van der Waals surface area contributed by atoms with E-state index in [0.29, 0.717) is 11.8 Å². The molecule has 108 valence electrons. The van der Waals surface area contributed by atoms with Gasteiger partial charge >= 0.3 is 12.0 Å². The number of nitrogens with zero attached hydrogens (tertiary/aromatic N) is 1. The van der Waals surface area contributed by atoms with Crippen LogP contribution in [-0.4, -0.2) is 52.9 Å². The molecule has 0 spiro atoms. The molecular weight excluding hydrogens is 248 g/mol. The van der Waals surface area contributed by atoms with Crippen molar-refractivity contribution in [3.8, 4) is 0 Å². The van der Waals surface area contributed by atoms with Gasteiger partial charge in [-0.05, 0) is 37.5 Å². The number of hydrogen-bond donors (Lipinski definition) is 3. The van der Waals surface area contributed by atoms with Gasteiger partial charge in [-0.15, -0.1) is 0 Å². The van der Waals surface area contributed by atoms with Crippen LogP contribution in [0.1, 0.15) is 32.1 Å². The SMILES string of the molecule is O=C(O)C(O)CCNC(=O)N(CC1CC1)CC1CC1. The molecule has 0 heterocycles. The van der Waals surface area contributed by atoms with Gasteiger partial charge in [-0.25, -0.2) is 9.59 Å². The number of hydrogen-bond acceptors (Lipinski definition) is 3. The normalized spacial score (nSPS) is 19.8. The molecule has 0 aromatic heterocycles. The first-order valence-electron chi connectivity index (χ1n) is 7.00. The molecule has 0 bridgehead atoms. The fourth-order valence-electron chi connectivity index (χ4n) is 2.02. The van der Waals surface area contributed by atoms with E-state index in [-0.39, 0.29) is 19.0 Å². The molecule has 1 atom stereocenters. The van der Waals surface area contributed by atoms with Crippen LogP contribution in [0.4, 0.5) is 4.79 Å². The first kappa shape index (κ1) is 14.1. The van der Waals surface area contributed by atoms with E-state index in [1.807, 2.05) is 4.90 Å². The summed E-state index contributed by atoms with van der Waals surface area (Å²) in [6.45, 7) is 1.81. The first-order valence-corrected chi connectivity index (χ1v) is 7.00. The molecule has 0 aromatic rings. The van der Waals surface area contributed by atoms with Crippen molar-refractivity contribution in [2.45, 2.75) is 38.2 Å². The molecule has 6 nitrogen and oxygen atoms in total. The summed E-state index contributed by atoms with van der Waals surface area (Å²) in [4.78, 5) is 24.3. The van der Waals surface area contributed by atoms with Crippen molar-refractivity contribution in [1.29, 1.82) is 0 Å². The van der Waals surface area contributed by atoms with E-state index in [2.05, 4.69) is 5.32 Å². The zero-order valence-corrected chi connectivity index (χ0v) is 11.0. The molecule has 2 fully saturated rings. The lowest BCUT2D eigenvalue weighted by molar-refractivity contribution is -0.146. The maximum atomic E-state index is 12.0. The molecule has 2 aliphatic carbocycles. The summed E-state index contributed by atoms with van der Waals surface area (Å²) in [6.07, 6.45) is 3.44. The summed E-state index contributed by atoms with van der Waals surface area (Å²) in [5, 5.41) is 20.4. The lowest BCUT2D eigenvalue weighted by Crippen LogP contribution is -2.43. The molecule has 0 saturated heterocycles. The number of carboxylic acid groups (broad SMARTS) is 1. The van der Waals surface area contributed by atoms with Gasteiger partial charge in [-0.3, -0.25) is 0 Å². The molecule has 19 heavy (non-hydrogen) atoms. The van der Waals surface area contributed by atoms with E-state index in [9.17, 15) is 9.59 Å². The van der Waals surface area contributed by atoms with Crippen LogP contribution >= 0.6 is 0 Å². The van der Waals surface area contributed by atoms with E-state index >= 15 is 0 Å². The minimum absolute atomic E-state index is 0.0434. The van der Waals surface area contributed by atoms with E-state index in [0.717, 1.165) is 13.1 Å². The largest absolute Gasteiger partial charge is 0.479 e. The molecule has 3 N–H and O–H groups in total. The lowest BCUT2D eigenvalue weighted by atomic mass is 10.2. The Morgan fingerprint density at radius 1 is 1.16 bits per heavy atom. The third kappa shape index (κ3) is 5.06. The smallest absolute Gasteiger partial charge is 0.332 e. The van der Waals surface area contributed by atoms with Crippen LogP contribution in [0.2, 0.25) is 0 Å². The Morgan fingerprint density at radius 2 is 1.68 bits per heavy atom. The number of carbonyl (C=O) groups is 2. The highest BCUT2D eigenvalue weighted by atomic mass is 16.4. The van der Waals surface area contributed by atoms with Gasteiger partial charge in [0.1, 0.15) is 0 Å². The molecule has 6 heteroatoms. The second kappa shape index (κ2) is 6.23. The summed E-state index contributed by atoms with van der Waals surface area (Å²) in [6, 6.07) is -0.128. The number of urea groups is 1. The quantitative estimate of drug-likeness (QED) is 0.604. The highest BCUT2D eigenvalue weighted by Gasteiger charge is 2.31. The first-order chi connectivity index (χ1) is 9.06. The number of carbonyl (C=O) groups excluding carboxylic acids is 1. The number of carboxylic acids is 1. The molecule has 0 aromatic carbocycles. The minimum atomic E-state index is -1.40. The number of aliphatic hydroxyl groups excluding tert-OH is 1. The number of amides is 2. The van der Waals surface area contributed by atoms with Crippen molar-refractivity contribution < 1.29 is 19.8 Å². The van der Waals surface area contributed by atoms with Gasteiger partial charge in [-0.1, -0.05) is 0 Å². The van der Waals surface area contributed by atoms with Crippen molar-refractivity contribution in [2.75, 3.05) is 19.6 Å². The van der Waals surface area contributed by atoms with Crippen LogP contribution in [0, 0.1) is 11.8 Å². The predicted octanol–water partition coefficient (Wildman–Crippen LogP) is 0.654. The Morgan fingerprint density at radius 3 is 2.11 bits per heavy atom. The fraction of sp³-hybridized carbons (Fsp3) is 0.846. The standard InChI is InChI=1S/C13H22N2O4/c16-11(12(17)18)5-6-14-13(19)15(7-9-1-2-9)8-10-3-4-10/h9-11,16H,1-8H2,(H,14,19)(H,17,18). The van der Waals surface area contributed by atoms with Crippen molar-refractivity contribution in [3.63, 3.8) is 0 Å². The fourth-order valence-corrected chi connectivity index (χ4v) is 2.02. The zero-order valence-electron chi connectivity index (χ0n) is 11.0. The Balaban J connectivity index is 1.69. The number of nitrogens with one attached hydrogen (secondary N) is 1. The maximum absolute atomic E-state index is 12.0. The van der Waals surface area contributed by atoms with E-state index < -0.39 is 12.1 Å². The molecule has 2 saturated carbocycles. The topological polar surface area (TPSA) is 89.9 Å². The Hall–Kier alpha value is -1.30. The van der Waals surface area contributed by atoms with Gasteiger partial charge in [0, 0.05) is 26.1 Å². The Kier molecular flexibility index (Phi) is 4.63. The van der Waals surface area contributed by atoms with Crippen LogP contribution in [-0.2, 0) is 4.79 Å². The van der Waals surface area contributed by atoms with E-state index in [1.165, 1.54) is 25.7 Å². The van der Waals surface area contributed by atoms with E-state index in [4.69, 9.17) is 10.2 Å². The number of aliphatic hydroxyl groups is 1. The van der Waals surface area contributed by atoms with Crippen LogP contribution in [0.25, 0.3) is 0 Å². The predicted molar refractivity (Wildman–Crippen MR) is 68.7 cm³/mol. The average molecular weight is 270 g/mol. The molecule has 2 amide bonds. The molecule has 2 rings (SSSR count). The highest BCUT2D eigenvalue weighted by Crippen LogP contribution is 2.33. The third-order valence-corrected chi connectivity index (χ3v) is 3.62. The molecule has 2 aliphatic rings. The summed E-state index contributed by atoms with van der Waals surface area (Å²) >= 11 is 0. The van der Waals surface area contributed by atoms with Crippen molar-refractivity contribution >= 4 is 12.0 Å². The van der Waals surface area contributed by atoms with Crippen LogP contribution in [0.5, 0.6) is 0 Å². The van der Waals surface area contributed by atoms with Gasteiger partial charge in [0.25, 0.3) is 0 Å².